The maximum absolute atomic E-state index is 12.8. The minimum absolute atomic E-state index is 0.592. The van der Waals surface area contributed by atoms with Gasteiger partial charge in [0.1, 0.15) is 0 Å². The third-order valence-electron chi connectivity index (χ3n) is 3.81. The maximum Gasteiger partial charge on any atom is 0.416 e. The Morgan fingerprint density at radius 3 is 1.11 bits per heavy atom. The van der Waals surface area contributed by atoms with E-state index in [1.807, 2.05) is 0 Å². The van der Waals surface area contributed by atoms with E-state index >= 15 is 0 Å². The first-order valence-electron chi connectivity index (χ1n) is 7.80. The summed E-state index contributed by atoms with van der Waals surface area (Å²) in [6.45, 7) is 0. The number of halogens is 6. The van der Waals surface area contributed by atoms with E-state index in [9.17, 15) is 26.3 Å². The lowest BCUT2D eigenvalue weighted by atomic mass is 10.2. The number of benzene rings is 3. The Morgan fingerprint density at radius 2 is 0.778 bits per heavy atom. The Balaban J connectivity index is 2.05. The molecule has 0 bridgehead atoms. The number of alkyl halides is 6. The standard InChI is InChI=1S/C20H13F6S/c21-19(22,23)14-6-10-17(11-7-14)27(16-4-2-1-3-5-16)18-12-8-15(9-13-18)20(24,25)26/h1-13H/q+1. The van der Waals surface area contributed by atoms with Gasteiger partial charge in [-0.15, -0.1) is 0 Å². The van der Waals surface area contributed by atoms with Crippen LogP contribution in [0, 0.1) is 0 Å². The van der Waals surface area contributed by atoms with Crippen LogP contribution in [0.3, 0.4) is 0 Å². The second-order valence-corrected chi connectivity index (χ2v) is 7.69. The molecule has 140 valence electrons. The first-order chi connectivity index (χ1) is 12.7. The molecule has 0 spiro atoms. The van der Waals surface area contributed by atoms with Crippen molar-refractivity contribution in [1.29, 1.82) is 0 Å². The minimum atomic E-state index is -4.45. The largest absolute Gasteiger partial charge is 0.416 e. The van der Waals surface area contributed by atoms with E-state index in [1.165, 1.54) is 24.3 Å². The average Bonchev–Trinajstić information content (AvgIpc) is 2.62. The van der Waals surface area contributed by atoms with Gasteiger partial charge in [0.25, 0.3) is 0 Å². The molecule has 27 heavy (non-hydrogen) atoms. The Labute approximate surface area is 154 Å². The fraction of sp³-hybridized carbons (Fsp3) is 0.100. The summed E-state index contributed by atoms with van der Waals surface area (Å²) in [5, 5.41) is 0. The lowest BCUT2D eigenvalue weighted by molar-refractivity contribution is -0.138. The van der Waals surface area contributed by atoms with Gasteiger partial charge < -0.3 is 0 Å². The van der Waals surface area contributed by atoms with Gasteiger partial charge in [-0.2, -0.15) is 26.3 Å². The van der Waals surface area contributed by atoms with Crippen molar-refractivity contribution < 1.29 is 26.3 Å². The Kier molecular flexibility index (Phi) is 5.24. The highest BCUT2D eigenvalue weighted by Crippen LogP contribution is 2.36. The van der Waals surface area contributed by atoms with Crippen LogP contribution in [0.1, 0.15) is 11.1 Å². The summed E-state index contributed by atoms with van der Waals surface area (Å²) in [7, 11) is -0.819. The van der Waals surface area contributed by atoms with E-state index in [-0.39, 0.29) is 0 Å². The molecule has 0 aliphatic carbocycles. The van der Waals surface area contributed by atoms with Crippen molar-refractivity contribution in [3.8, 4) is 0 Å². The van der Waals surface area contributed by atoms with Gasteiger partial charge in [-0.1, -0.05) is 18.2 Å². The molecule has 3 rings (SSSR count). The highest BCUT2D eigenvalue weighted by molar-refractivity contribution is 7.97. The molecule has 3 aromatic rings. The lowest BCUT2D eigenvalue weighted by Crippen LogP contribution is -2.09. The number of rotatable bonds is 3. The summed E-state index contributed by atoms with van der Waals surface area (Å²) in [5.74, 6) is 0. The van der Waals surface area contributed by atoms with E-state index in [1.54, 1.807) is 30.3 Å². The van der Waals surface area contributed by atoms with Crippen molar-refractivity contribution in [1.82, 2.24) is 0 Å². The van der Waals surface area contributed by atoms with Crippen LogP contribution in [0.25, 0.3) is 0 Å². The Morgan fingerprint density at radius 1 is 0.444 bits per heavy atom. The summed E-state index contributed by atoms with van der Waals surface area (Å²) in [6, 6.07) is 18.4. The van der Waals surface area contributed by atoms with Gasteiger partial charge in [-0.3, -0.25) is 0 Å². The fourth-order valence-corrected chi connectivity index (χ4v) is 4.59. The molecule has 0 saturated carbocycles. The fourth-order valence-electron chi connectivity index (χ4n) is 2.52. The molecule has 0 amide bonds. The predicted octanol–water partition coefficient (Wildman–Crippen LogP) is 6.82. The van der Waals surface area contributed by atoms with Crippen molar-refractivity contribution in [3.63, 3.8) is 0 Å². The summed E-state index contributed by atoms with van der Waals surface area (Å²) < 4.78 is 76.9. The molecule has 0 fully saturated rings. The zero-order chi connectivity index (χ0) is 19.7. The van der Waals surface area contributed by atoms with Gasteiger partial charge in [0.05, 0.1) is 22.0 Å². The van der Waals surface area contributed by atoms with Crippen LogP contribution < -0.4 is 0 Å². The zero-order valence-electron chi connectivity index (χ0n) is 13.7. The topological polar surface area (TPSA) is 0 Å². The average molecular weight is 399 g/mol. The van der Waals surface area contributed by atoms with Gasteiger partial charge >= 0.3 is 12.4 Å². The summed E-state index contributed by atoms with van der Waals surface area (Å²) >= 11 is 0. The summed E-state index contributed by atoms with van der Waals surface area (Å²) in [5.41, 5.74) is -1.54. The second kappa shape index (κ2) is 7.31. The summed E-state index contributed by atoms with van der Waals surface area (Å²) in [4.78, 5) is 1.99. The molecule has 7 heteroatoms. The Bertz CT molecular complexity index is 824. The van der Waals surface area contributed by atoms with Crippen LogP contribution >= 0.6 is 0 Å². The highest BCUT2D eigenvalue weighted by atomic mass is 32.2. The first-order valence-corrected chi connectivity index (χ1v) is 9.02. The van der Waals surface area contributed by atoms with E-state index in [0.29, 0.717) is 9.79 Å². The van der Waals surface area contributed by atoms with Crippen LogP contribution in [0.15, 0.2) is 93.5 Å². The van der Waals surface area contributed by atoms with E-state index in [2.05, 4.69) is 0 Å². The monoisotopic (exact) mass is 399 g/mol. The van der Waals surface area contributed by atoms with Crippen molar-refractivity contribution in [2.75, 3.05) is 0 Å². The van der Waals surface area contributed by atoms with Crippen LogP contribution in [0.4, 0.5) is 26.3 Å². The maximum atomic E-state index is 12.8. The van der Waals surface area contributed by atoms with E-state index in [0.717, 1.165) is 29.2 Å². The molecule has 0 nitrogen and oxygen atoms in total. The van der Waals surface area contributed by atoms with Crippen LogP contribution in [-0.4, -0.2) is 0 Å². The zero-order valence-corrected chi connectivity index (χ0v) is 14.5. The van der Waals surface area contributed by atoms with Crippen LogP contribution in [-0.2, 0) is 23.2 Å². The molecular formula is C20H13F6S+. The van der Waals surface area contributed by atoms with Gasteiger partial charge in [-0.05, 0) is 60.7 Å². The van der Waals surface area contributed by atoms with E-state index < -0.39 is 34.4 Å². The minimum Gasteiger partial charge on any atom is -0.166 e. The highest BCUT2D eigenvalue weighted by Gasteiger charge is 2.35. The quantitative estimate of drug-likeness (QED) is 0.335. The molecule has 0 saturated heterocycles. The SMILES string of the molecule is FC(F)(F)c1ccc([S+](c2ccccc2)c2ccc(C(F)(F)F)cc2)cc1. The van der Waals surface area contributed by atoms with Gasteiger partial charge in [0.15, 0.2) is 14.7 Å². The number of hydrogen-bond acceptors (Lipinski definition) is 0. The van der Waals surface area contributed by atoms with Gasteiger partial charge in [0, 0.05) is 0 Å². The molecule has 0 atom stereocenters. The second-order valence-electron chi connectivity index (χ2n) is 5.66. The molecule has 0 aromatic heterocycles. The molecule has 0 N–H and O–H groups in total. The van der Waals surface area contributed by atoms with Crippen molar-refractivity contribution in [3.05, 3.63) is 90.0 Å². The molecule has 0 radical (unpaired) electrons. The van der Waals surface area contributed by atoms with Crippen molar-refractivity contribution >= 4 is 10.9 Å². The predicted molar refractivity (Wildman–Crippen MR) is 91.5 cm³/mol. The van der Waals surface area contributed by atoms with Gasteiger partial charge in [-0.25, -0.2) is 0 Å². The Hall–Kier alpha value is -2.41. The third-order valence-corrected chi connectivity index (χ3v) is 6.04. The van der Waals surface area contributed by atoms with Crippen LogP contribution in [0.5, 0.6) is 0 Å². The van der Waals surface area contributed by atoms with Gasteiger partial charge in [0.2, 0.25) is 0 Å². The first kappa shape index (κ1) is 19.4. The van der Waals surface area contributed by atoms with Crippen molar-refractivity contribution in [2.45, 2.75) is 27.0 Å². The molecule has 0 unspecified atom stereocenters. The molecule has 0 heterocycles. The van der Waals surface area contributed by atoms with Crippen molar-refractivity contribution in [2.24, 2.45) is 0 Å². The number of hydrogen-bond donors (Lipinski definition) is 0. The normalized spacial score (nSPS) is 12.4. The molecule has 0 aliphatic heterocycles. The molecule has 0 aliphatic rings. The molecular weight excluding hydrogens is 386 g/mol. The van der Waals surface area contributed by atoms with Crippen LogP contribution in [0.2, 0.25) is 0 Å². The molecule has 3 aromatic carbocycles. The third kappa shape index (κ3) is 4.47. The van der Waals surface area contributed by atoms with E-state index in [4.69, 9.17) is 0 Å². The summed E-state index contributed by atoms with van der Waals surface area (Å²) in [6.07, 6.45) is -8.89. The smallest absolute Gasteiger partial charge is 0.166 e. The lowest BCUT2D eigenvalue weighted by Gasteiger charge is -2.11.